The van der Waals surface area contributed by atoms with E-state index in [4.69, 9.17) is 9.47 Å². The largest absolute Gasteiger partial charge is 0.487 e. The van der Waals surface area contributed by atoms with Crippen molar-refractivity contribution in [2.24, 2.45) is 5.92 Å². The third-order valence-electron chi connectivity index (χ3n) is 4.78. The van der Waals surface area contributed by atoms with E-state index in [1.165, 1.54) is 17.5 Å². The summed E-state index contributed by atoms with van der Waals surface area (Å²) in [6.07, 6.45) is 4.91. The molecule has 0 N–H and O–H groups in total. The molecule has 3 nitrogen and oxygen atoms in total. The van der Waals surface area contributed by atoms with Gasteiger partial charge in [-0.2, -0.15) is 0 Å². The third-order valence-corrected chi connectivity index (χ3v) is 4.78. The van der Waals surface area contributed by atoms with Crippen LogP contribution in [0.1, 0.15) is 29.0 Å². The number of rotatable bonds is 8. The topological polar surface area (TPSA) is 31.4 Å². The van der Waals surface area contributed by atoms with Crippen LogP contribution in [-0.2, 0) is 18.0 Å². The molecule has 0 amide bonds. The van der Waals surface area contributed by atoms with Crippen LogP contribution >= 0.6 is 0 Å². The Morgan fingerprint density at radius 1 is 0.846 bits per heavy atom. The molecule has 0 spiro atoms. The Labute approximate surface area is 154 Å². The molecule has 0 bridgehead atoms. The van der Waals surface area contributed by atoms with Crippen molar-refractivity contribution in [3.8, 4) is 5.75 Å². The smallest absolute Gasteiger partial charge is 0.138 e. The van der Waals surface area contributed by atoms with Gasteiger partial charge in [0.2, 0.25) is 0 Å². The Balaban J connectivity index is 1.26. The summed E-state index contributed by atoms with van der Waals surface area (Å²) in [5, 5.41) is 0. The summed E-state index contributed by atoms with van der Waals surface area (Å²) >= 11 is 0. The molecule has 1 fully saturated rings. The first-order valence-electron chi connectivity index (χ1n) is 9.12. The van der Waals surface area contributed by atoms with Crippen LogP contribution in [0.4, 0.5) is 0 Å². The molecule has 2 atom stereocenters. The predicted molar refractivity (Wildman–Crippen MR) is 102 cm³/mol. The fourth-order valence-corrected chi connectivity index (χ4v) is 3.20. The number of ether oxygens (including phenoxy) is 2. The highest BCUT2D eigenvalue weighted by atomic mass is 16.5. The van der Waals surface area contributed by atoms with E-state index in [0.717, 1.165) is 17.9 Å². The average Bonchev–Trinajstić information content (AvgIpc) is 3.48. The molecule has 4 rings (SSSR count). The van der Waals surface area contributed by atoms with Gasteiger partial charge in [0.1, 0.15) is 12.4 Å². The second kappa shape index (κ2) is 8.15. The van der Waals surface area contributed by atoms with E-state index >= 15 is 0 Å². The first-order valence-corrected chi connectivity index (χ1v) is 9.12. The van der Waals surface area contributed by atoms with Crippen LogP contribution in [0.3, 0.4) is 0 Å². The molecule has 1 saturated carbocycles. The van der Waals surface area contributed by atoms with Gasteiger partial charge in [0.25, 0.3) is 0 Å². The second-order valence-corrected chi connectivity index (χ2v) is 6.83. The molecular formula is C23H23NO2. The van der Waals surface area contributed by atoms with Gasteiger partial charge in [0.15, 0.2) is 0 Å². The number of hydrogen-bond donors (Lipinski definition) is 0. The molecular weight excluding hydrogens is 322 g/mol. The average molecular weight is 345 g/mol. The van der Waals surface area contributed by atoms with Crippen LogP contribution in [0.25, 0.3) is 0 Å². The number of benzene rings is 2. The van der Waals surface area contributed by atoms with Crippen molar-refractivity contribution in [1.82, 2.24) is 4.98 Å². The molecule has 1 aliphatic rings. The molecule has 1 heterocycles. The highest BCUT2D eigenvalue weighted by Gasteiger charge is 2.38. The molecule has 1 aliphatic carbocycles. The van der Waals surface area contributed by atoms with Crippen LogP contribution in [0.5, 0.6) is 5.75 Å². The molecule has 0 unspecified atom stereocenters. The maximum atomic E-state index is 5.89. The summed E-state index contributed by atoms with van der Waals surface area (Å²) in [5.74, 6) is 1.96. The lowest BCUT2D eigenvalue weighted by Gasteiger charge is -2.08. The standard InChI is InChI=1S/C23H23NO2/c1-3-7-18(8-4-1)15-25-17-21-12-23(21)20-11-22(14-24-13-20)26-16-19-9-5-2-6-10-19/h1-11,13-14,21,23H,12,15-17H2/t21-,23+/m0/s1. The minimum atomic E-state index is 0.540. The third kappa shape index (κ3) is 4.50. The Bertz CT molecular complexity index is 820. The van der Waals surface area contributed by atoms with Gasteiger partial charge in [-0.25, -0.2) is 0 Å². The highest BCUT2D eigenvalue weighted by Crippen LogP contribution is 2.48. The van der Waals surface area contributed by atoms with Gasteiger partial charge in [-0.1, -0.05) is 60.7 Å². The molecule has 3 aromatic rings. The molecule has 1 aromatic heterocycles. The molecule has 0 radical (unpaired) electrons. The number of aromatic nitrogens is 1. The maximum absolute atomic E-state index is 5.89. The lowest BCUT2D eigenvalue weighted by atomic mass is 10.1. The summed E-state index contributed by atoms with van der Waals surface area (Å²) in [5.41, 5.74) is 3.64. The van der Waals surface area contributed by atoms with Crippen LogP contribution in [0, 0.1) is 5.92 Å². The lowest BCUT2D eigenvalue weighted by Crippen LogP contribution is -1.99. The lowest BCUT2D eigenvalue weighted by molar-refractivity contribution is 0.110. The molecule has 2 aromatic carbocycles. The Morgan fingerprint density at radius 2 is 1.54 bits per heavy atom. The summed E-state index contributed by atoms with van der Waals surface area (Å²) in [6, 6.07) is 22.6. The van der Waals surface area contributed by atoms with E-state index in [2.05, 4.69) is 35.3 Å². The highest BCUT2D eigenvalue weighted by molar-refractivity contribution is 5.30. The summed E-state index contributed by atoms with van der Waals surface area (Å²) in [6.45, 7) is 2.05. The van der Waals surface area contributed by atoms with E-state index in [9.17, 15) is 0 Å². The quantitative estimate of drug-likeness (QED) is 0.577. The fourth-order valence-electron chi connectivity index (χ4n) is 3.20. The fraction of sp³-hybridized carbons (Fsp3) is 0.261. The Kier molecular flexibility index (Phi) is 5.27. The molecule has 26 heavy (non-hydrogen) atoms. The second-order valence-electron chi connectivity index (χ2n) is 6.83. The van der Waals surface area contributed by atoms with Crippen molar-refractivity contribution in [2.75, 3.05) is 6.61 Å². The van der Waals surface area contributed by atoms with Crippen molar-refractivity contribution in [3.63, 3.8) is 0 Å². The Hall–Kier alpha value is -2.65. The summed E-state index contributed by atoms with van der Waals surface area (Å²) in [4.78, 5) is 4.35. The van der Waals surface area contributed by atoms with E-state index in [1.54, 1.807) is 6.20 Å². The monoisotopic (exact) mass is 345 g/mol. The molecule has 3 heteroatoms. The van der Waals surface area contributed by atoms with Crippen LogP contribution in [0.15, 0.2) is 79.1 Å². The number of pyridine rings is 1. The van der Waals surface area contributed by atoms with E-state index < -0.39 is 0 Å². The van der Waals surface area contributed by atoms with Crippen molar-refractivity contribution in [1.29, 1.82) is 0 Å². The molecule has 0 saturated heterocycles. The van der Waals surface area contributed by atoms with Gasteiger partial charge >= 0.3 is 0 Å². The predicted octanol–water partition coefficient (Wildman–Crippen LogP) is 4.98. The zero-order chi connectivity index (χ0) is 17.6. The molecule has 0 aliphatic heterocycles. The number of nitrogens with zero attached hydrogens (tertiary/aromatic N) is 1. The summed E-state index contributed by atoms with van der Waals surface area (Å²) < 4.78 is 11.8. The molecule has 132 valence electrons. The van der Waals surface area contributed by atoms with E-state index in [0.29, 0.717) is 25.0 Å². The normalized spacial score (nSPS) is 18.5. The zero-order valence-corrected chi connectivity index (χ0v) is 14.8. The number of hydrogen-bond acceptors (Lipinski definition) is 3. The van der Waals surface area contributed by atoms with Gasteiger partial charge in [-0.05, 0) is 41.0 Å². The van der Waals surface area contributed by atoms with Gasteiger partial charge in [0.05, 0.1) is 19.4 Å². The minimum absolute atomic E-state index is 0.540. The van der Waals surface area contributed by atoms with Crippen LogP contribution in [0.2, 0.25) is 0 Å². The van der Waals surface area contributed by atoms with Crippen molar-refractivity contribution >= 4 is 0 Å². The van der Waals surface area contributed by atoms with E-state index in [1.807, 2.05) is 42.6 Å². The van der Waals surface area contributed by atoms with Gasteiger partial charge in [-0.3, -0.25) is 4.98 Å². The van der Waals surface area contributed by atoms with Crippen molar-refractivity contribution < 1.29 is 9.47 Å². The van der Waals surface area contributed by atoms with Crippen molar-refractivity contribution in [3.05, 3.63) is 95.8 Å². The van der Waals surface area contributed by atoms with Gasteiger partial charge in [-0.15, -0.1) is 0 Å². The maximum Gasteiger partial charge on any atom is 0.138 e. The SMILES string of the molecule is c1ccc(COC[C@@H]2C[C@@H]2c2cncc(OCc3ccccc3)c2)cc1. The summed E-state index contributed by atoms with van der Waals surface area (Å²) in [7, 11) is 0. The van der Waals surface area contributed by atoms with E-state index in [-0.39, 0.29) is 0 Å². The first kappa shape index (κ1) is 16.8. The first-order chi connectivity index (χ1) is 12.9. The van der Waals surface area contributed by atoms with Crippen LogP contribution in [-0.4, -0.2) is 11.6 Å². The van der Waals surface area contributed by atoms with Crippen LogP contribution < -0.4 is 4.74 Å². The van der Waals surface area contributed by atoms with Gasteiger partial charge < -0.3 is 9.47 Å². The minimum Gasteiger partial charge on any atom is -0.487 e. The van der Waals surface area contributed by atoms with Gasteiger partial charge in [0, 0.05) is 6.20 Å². The zero-order valence-electron chi connectivity index (χ0n) is 14.8. The Morgan fingerprint density at radius 3 is 2.27 bits per heavy atom. The van der Waals surface area contributed by atoms with Crippen molar-refractivity contribution in [2.45, 2.75) is 25.6 Å².